The fourth-order valence-corrected chi connectivity index (χ4v) is 4.45. The van der Waals surface area contributed by atoms with E-state index in [9.17, 15) is 22.8 Å². The highest BCUT2D eigenvalue weighted by atomic mass is 35.5. The SMILES string of the molecule is O=C1CO[C@H]2CCN(C(=O)N3CC(OCc4ccc(C(F)(F)F)c(Cl)c4)C3)C[C@H]2C1. The Labute approximate surface area is 176 Å². The first-order chi connectivity index (χ1) is 14.2. The Kier molecular flexibility index (Phi) is 5.96. The fourth-order valence-electron chi connectivity index (χ4n) is 4.14. The van der Waals surface area contributed by atoms with Crippen molar-refractivity contribution in [2.75, 3.05) is 32.8 Å². The largest absolute Gasteiger partial charge is 0.417 e. The van der Waals surface area contributed by atoms with Crippen LogP contribution in [0.5, 0.6) is 0 Å². The van der Waals surface area contributed by atoms with Crippen LogP contribution in [0.3, 0.4) is 0 Å². The number of Topliss-reactive ketones (excluding diaryl/α,β-unsaturated/α-hetero) is 1. The number of ether oxygens (including phenoxy) is 2. The van der Waals surface area contributed by atoms with Gasteiger partial charge in [0, 0.05) is 25.4 Å². The average molecular weight is 447 g/mol. The zero-order chi connectivity index (χ0) is 21.5. The molecule has 3 heterocycles. The molecule has 0 spiro atoms. The van der Waals surface area contributed by atoms with Crippen LogP contribution in [0.15, 0.2) is 18.2 Å². The van der Waals surface area contributed by atoms with Gasteiger partial charge in [0.25, 0.3) is 0 Å². The van der Waals surface area contributed by atoms with E-state index >= 15 is 0 Å². The number of benzene rings is 1. The lowest BCUT2D eigenvalue weighted by Gasteiger charge is -2.45. The van der Waals surface area contributed by atoms with Crippen molar-refractivity contribution in [1.29, 1.82) is 0 Å². The molecule has 1 aromatic rings. The molecule has 3 aliphatic heterocycles. The number of alkyl halides is 3. The van der Waals surface area contributed by atoms with Crippen LogP contribution in [0.2, 0.25) is 5.02 Å². The lowest BCUT2D eigenvalue weighted by molar-refractivity contribution is -0.140. The Hall–Kier alpha value is -1.84. The zero-order valence-corrected chi connectivity index (χ0v) is 16.9. The maximum Gasteiger partial charge on any atom is 0.417 e. The molecule has 0 aliphatic carbocycles. The number of halogens is 4. The molecule has 4 rings (SSSR count). The van der Waals surface area contributed by atoms with Gasteiger partial charge < -0.3 is 19.3 Å². The van der Waals surface area contributed by atoms with E-state index in [0.29, 0.717) is 38.2 Å². The summed E-state index contributed by atoms with van der Waals surface area (Å²) in [5.41, 5.74) is -0.330. The van der Waals surface area contributed by atoms with Gasteiger partial charge in [-0.25, -0.2) is 4.79 Å². The fraction of sp³-hybridized carbons (Fsp3) is 0.600. The Bertz CT molecular complexity index is 829. The molecule has 3 fully saturated rings. The predicted molar refractivity (Wildman–Crippen MR) is 101 cm³/mol. The van der Waals surface area contributed by atoms with Crippen molar-refractivity contribution in [2.45, 2.75) is 37.8 Å². The van der Waals surface area contributed by atoms with Crippen molar-refractivity contribution < 1.29 is 32.2 Å². The van der Waals surface area contributed by atoms with E-state index in [1.165, 1.54) is 12.1 Å². The lowest BCUT2D eigenvalue weighted by atomic mass is 9.88. The van der Waals surface area contributed by atoms with Gasteiger partial charge in [0.05, 0.1) is 42.5 Å². The molecule has 30 heavy (non-hydrogen) atoms. The molecule has 0 radical (unpaired) electrons. The summed E-state index contributed by atoms with van der Waals surface area (Å²) >= 11 is 5.72. The Morgan fingerprint density at radius 1 is 1.23 bits per heavy atom. The van der Waals surface area contributed by atoms with Crippen LogP contribution >= 0.6 is 11.6 Å². The van der Waals surface area contributed by atoms with Crippen LogP contribution in [0.4, 0.5) is 18.0 Å². The molecule has 0 unspecified atom stereocenters. The second-order valence-electron chi connectivity index (χ2n) is 8.02. The molecular formula is C20H22ClF3N2O4. The maximum atomic E-state index is 12.8. The van der Waals surface area contributed by atoms with Gasteiger partial charge in [0.2, 0.25) is 0 Å². The third-order valence-electron chi connectivity index (χ3n) is 5.83. The summed E-state index contributed by atoms with van der Waals surface area (Å²) in [6, 6.07) is 3.46. The molecule has 2 amide bonds. The van der Waals surface area contributed by atoms with E-state index in [0.717, 1.165) is 12.5 Å². The smallest absolute Gasteiger partial charge is 0.370 e. The van der Waals surface area contributed by atoms with Gasteiger partial charge >= 0.3 is 12.2 Å². The molecule has 164 valence electrons. The highest BCUT2D eigenvalue weighted by molar-refractivity contribution is 6.31. The third kappa shape index (κ3) is 4.58. The summed E-state index contributed by atoms with van der Waals surface area (Å²) in [5, 5.41) is -0.359. The number of urea groups is 1. The minimum Gasteiger partial charge on any atom is -0.370 e. The van der Waals surface area contributed by atoms with E-state index in [2.05, 4.69) is 0 Å². The van der Waals surface area contributed by atoms with Crippen molar-refractivity contribution >= 4 is 23.4 Å². The lowest BCUT2D eigenvalue weighted by Crippen LogP contribution is -2.61. The van der Waals surface area contributed by atoms with Crippen molar-refractivity contribution in [3.05, 3.63) is 34.3 Å². The number of amides is 2. The van der Waals surface area contributed by atoms with Crippen LogP contribution in [-0.2, 0) is 27.1 Å². The molecule has 0 N–H and O–H groups in total. The Morgan fingerprint density at radius 3 is 2.70 bits per heavy atom. The Morgan fingerprint density at radius 2 is 2.00 bits per heavy atom. The predicted octanol–water partition coefficient (Wildman–Crippen LogP) is 3.36. The second-order valence-corrected chi connectivity index (χ2v) is 8.43. The molecule has 3 saturated heterocycles. The quantitative estimate of drug-likeness (QED) is 0.714. The van der Waals surface area contributed by atoms with Crippen LogP contribution in [0, 0.1) is 5.92 Å². The van der Waals surface area contributed by atoms with E-state index in [-0.39, 0.29) is 48.2 Å². The van der Waals surface area contributed by atoms with Gasteiger partial charge in [-0.15, -0.1) is 0 Å². The highest BCUT2D eigenvalue weighted by Gasteiger charge is 2.40. The number of rotatable bonds is 3. The Balaban J connectivity index is 1.23. The number of ketones is 1. The maximum absolute atomic E-state index is 12.8. The van der Waals surface area contributed by atoms with Crippen LogP contribution in [0.25, 0.3) is 0 Å². The highest BCUT2D eigenvalue weighted by Crippen LogP contribution is 2.35. The average Bonchev–Trinajstić information content (AvgIpc) is 2.65. The van der Waals surface area contributed by atoms with Crippen molar-refractivity contribution in [3.63, 3.8) is 0 Å². The number of piperidine rings is 1. The van der Waals surface area contributed by atoms with Crippen LogP contribution in [-0.4, -0.2) is 66.6 Å². The molecule has 6 nitrogen and oxygen atoms in total. The molecule has 10 heteroatoms. The number of likely N-dealkylation sites (tertiary alicyclic amines) is 2. The third-order valence-corrected chi connectivity index (χ3v) is 6.14. The summed E-state index contributed by atoms with van der Waals surface area (Å²) in [4.78, 5) is 27.7. The van der Waals surface area contributed by atoms with Crippen molar-refractivity contribution in [1.82, 2.24) is 9.80 Å². The number of hydrogen-bond donors (Lipinski definition) is 0. The molecule has 2 atom stereocenters. The van der Waals surface area contributed by atoms with E-state index in [1.807, 2.05) is 0 Å². The van der Waals surface area contributed by atoms with Crippen molar-refractivity contribution in [3.8, 4) is 0 Å². The minimum atomic E-state index is -4.49. The molecule has 3 aliphatic rings. The molecule has 1 aromatic carbocycles. The number of nitrogens with zero attached hydrogens (tertiary/aromatic N) is 2. The first-order valence-corrected chi connectivity index (χ1v) is 10.2. The second kappa shape index (κ2) is 8.36. The number of carbonyl (C=O) groups is 2. The van der Waals surface area contributed by atoms with Gasteiger partial charge in [-0.2, -0.15) is 13.2 Å². The summed E-state index contributed by atoms with van der Waals surface area (Å²) < 4.78 is 49.5. The minimum absolute atomic E-state index is 0.0507. The molecule has 0 saturated carbocycles. The first-order valence-electron chi connectivity index (χ1n) is 9.85. The van der Waals surface area contributed by atoms with E-state index < -0.39 is 11.7 Å². The molecule has 0 bridgehead atoms. The normalized spacial score (nSPS) is 25.1. The first kappa shape index (κ1) is 21.4. The van der Waals surface area contributed by atoms with Gasteiger partial charge in [-0.1, -0.05) is 17.7 Å². The van der Waals surface area contributed by atoms with E-state index in [4.69, 9.17) is 21.1 Å². The zero-order valence-electron chi connectivity index (χ0n) is 16.2. The summed E-state index contributed by atoms with van der Waals surface area (Å²) in [6.45, 7) is 2.25. The summed E-state index contributed by atoms with van der Waals surface area (Å²) in [6.07, 6.45) is -3.43. The van der Waals surface area contributed by atoms with Gasteiger partial charge in [0.1, 0.15) is 6.61 Å². The molecule has 0 aromatic heterocycles. The van der Waals surface area contributed by atoms with Gasteiger partial charge in [0.15, 0.2) is 5.78 Å². The summed E-state index contributed by atoms with van der Waals surface area (Å²) in [5.74, 6) is 0.132. The summed E-state index contributed by atoms with van der Waals surface area (Å²) in [7, 11) is 0. The number of carbonyl (C=O) groups excluding carboxylic acids is 2. The number of fused-ring (bicyclic) bond motifs is 1. The number of hydrogen-bond acceptors (Lipinski definition) is 4. The van der Waals surface area contributed by atoms with Crippen LogP contribution in [0.1, 0.15) is 24.0 Å². The topological polar surface area (TPSA) is 59.1 Å². The van der Waals surface area contributed by atoms with Crippen LogP contribution < -0.4 is 0 Å². The van der Waals surface area contributed by atoms with E-state index in [1.54, 1.807) is 9.80 Å². The monoisotopic (exact) mass is 446 g/mol. The van der Waals surface area contributed by atoms with Gasteiger partial charge in [-0.3, -0.25) is 4.79 Å². The standard InChI is InChI=1S/C20H22ClF3N2O4/c21-17-5-12(1-2-16(17)20(22,23)24)10-29-15-8-26(9-15)19(28)25-4-3-18-13(7-25)6-14(27)11-30-18/h1-2,5,13,15,18H,3-4,6-11H2/t13-,18+/m1/s1. The van der Waals surface area contributed by atoms with Crippen molar-refractivity contribution in [2.24, 2.45) is 5.92 Å². The van der Waals surface area contributed by atoms with Gasteiger partial charge in [-0.05, 0) is 24.1 Å². The molecular weight excluding hydrogens is 425 g/mol.